The summed E-state index contributed by atoms with van der Waals surface area (Å²) in [6.07, 6.45) is 1.24. The highest BCUT2D eigenvalue weighted by Crippen LogP contribution is 2.30. The number of hydrogen-bond donors (Lipinski definition) is 1. The Morgan fingerprint density at radius 3 is 2.95 bits per heavy atom. The molecule has 0 saturated heterocycles. The highest BCUT2D eigenvalue weighted by atomic mass is 16.5. The summed E-state index contributed by atoms with van der Waals surface area (Å²) >= 11 is 0. The zero-order valence-electron chi connectivity index (χ0n) is 12.0. The normalized spacial score (nSPS) is 13.1. The Balaban J connectivity index is 1.78. The minimum absolute atomic E-state index is 0.103. The molecule has 0 fully saturated rings. The SMILES string of the molecule is COc1cccc(CC(=O)N2CCc3cc(N)ccc32)c1. The lowest BCUT2D eigenvalue weighted by atomic mass is 10.1. The number of nitrogens with two attached hydrogens (primary N) is 1. The number of carbonyl (C=O) groups is 1. The van der Waals surface area contributed by atoms with Crippen molar-refractivity contribution in [3.8, 4) is 5.75 Å². The maximum absolute atomic E-state index is 12.5. The zero-order chi connectivity index (χ0) is 14.8. The number of amides is 1. The number of nitrogens with zero attached hydrogens (tertiary/aromatic N) is 1. The van der Waals surface area contributed by atoms with E-state index in [-0.39, 0.29) is 5.91 Å². The lowest BCUT2D eigenvalue weighted by Crippen LogP contribution is -2.30. The van der Waals surface area contributed by atoms with Gasteiger partial charge in [-0.15, -0.1) is 0 Å². The summed E-state index contributed by atoms with van der Waals surface area (Å²) in [5.74, 6) is 0.877. The molecular weight excluding hydrogens is 264 g/mol. The fourth-order valence-corrected chi connectivity index (χ4v) is 2.73. The lowest BCUT2D eigenvalue weighted by Gasteiger charge is -2.17. The first-order valence-corrected chi connectivity index (χ1v) is 6.99. The van der Waals surface area contributed by atoms with Gasteiger partial charge in [-0.05, 0) is 47.9 Å². The molecule has 3 rings (SSSR count). The van der Waals surface area contributed by atoms with Crippen LogP contribution < -0.4 is 15.4 Å². The minimum atomic E-state index is 0.103. The van der Waals surface area contributed by atoms with Gasteiger partial charge in [-0.25, -0.2) is 0 Å². The van der Waals surface area contributed by atoms with E-state index in [2.05, 4.69) is 0 Å². The number of benzene rings is 2. The fourth-order valence-electron chi connectivity index (χ4n) is 2.73. The van der Waals surface area contributed by atoms with Gasteiger partial charge in [-0.3, -0.25) is 4.79 Å². The Hall–Kier alpha value is -2.49. The molecular formula is C17H18N2O2. The topological polar surface area (TPSA) is 55.6 Å². The van der Waals surface area contributed by atoms with E-state index in [1.807, 2.05) is 47.4 Å². The Labute approximate surface area is 124 Å². The predicted molar refractivity (Wildman–Crippen MR) is 83.6 cm³/mol. The van der Waals surface area contributed by atoms with Gasteiger partial charge < -0.3 is 15.4 Å². The van der Waals surface area contributed by atoms with Crippen LogP contribution in [0.25, 0.3) is 0 Å². The van der Waals surface area contributed by atoms with Gasteiger partial charge in [-0.1, -0.05) is 12.1 Å². The summed E-state index contributed by atoms with van der Waals surface area (Å²) < 4.78 is 5.19. The first kappa shape index (κ1) is 13.5. The van der Waals surface area contributed by atoms with Crippen molar-refractivity contribution in [3.05, 3.63) is 53.6 Å². The number of fused-ring (bicyclic) bond motifs is 1. The number of ether oxygens (including phenoxy) is 1. The maximum Gasteiger partial charge on any atom is 0.231 e. The Kier molecular flexibility index (Phi) is 3.52. The van der Waals surface area contributed by atoms with E-state index in [4.69, 9.17) is 10.5 Å². The van der Waals surface area contributed by atoms with Crippen LogP contribution in [0.1, 0.15) is 11.1 Å². The molecule has 0 unspecified atom stereocenters. The highest BCUT2D eigenvalue weighted by molar-refractivity contribution is 5.97. The third kappa shape index (κ3) is 2.70. The van der Waals surface area contributed by atoms with Gasteiger partial charge in [0.15, 0.2) is 0 Å². The molecule has 0 bridgehead atoms. The van der Waals surface area contributed by atoms with Gasteiger partial charge >= 0.3 is 0 Å². The second kappa shape index (κ2) is 5.48. The smallest absolute Gasteiger partial charge is 0.231 e. The summed E-state index contributed by atoms with van der Waals surface area (Å²) in [5, 5.41) is 0. The largest absolute Gasteiger partial charge is 0.497 e. The molecule has 1 heterocycles. The van der Waals surface area contributed by atoms with E-state index in [1.165, 1.54) is 0 Å². The molecule has 108 valence electrons. The van der Waals surface area contributed by atoms with Crippen molar-refractivity contribution in [2.45, 2.75) is 12.8 Å². The van der Waals surface area contributed by atoms with Crippen molar-refractivity contribution in [2.75, 3.05) is 24.3 Å². The first-order valence-electron chi connectivity index (χ1n) is 6.99. The number of rotatable bonds is 3. The van der Waals surface area contributed by atoms with Crippen LogP contribution in [-0.4, -0.2) is 19.6 Å². The van der Waals surface area contributed by atoms with Crippen molar-refractivity contribution < 1.29 is 9.53 Å². The molecule has 2 N–H and O–H groups in total. The third-order valence-corrected chi connectivity index (χ3v) is 3.79. The highest BCUT2D eigenvalue weighted by Gasteiger charge is 2.24. The molecule has 4 nitrogen and oxygen atoms in total. The van der Waals surface area contributed by atoms with Crippen LogP contribution in [-0.2, 0) is 17.6 Å². The van der Waals surface area contributed by atoms with Crippen LogP contribution in [0.2, 0.25) is 0 Å². The van der Waals surface area contributed by atoms with Crippen LogP contribution >= 0.6 is 0 Å². The van der Waals surface area contributed by atoms with Gasteiger partial charge in [0, 0.05) is 17.9 Å². The molecule has 0 aromatic heterocycles. The summed E-state index contributed by atoms with van der Waals surface area (Å²) in [6.45, 7) is 0.724. The second-order valence-corrected chi connectivity index (χ2v) is 5.21. The van der Waals surface area contributed by atoms with Crippen molar-refractivity contribution in [1.29, 1.82) is 0 Å². The molecule has 0 atom stereocenters. The van der Waals surface area contributed by atoms with E-state index in [1.54, 1.807) is 7.11 Å². The fraction of sp³-hybridized carbons (Fsp3) is 0.235. The Bertz CT molecular complexity index is 682. The van der Waals surface area contributed by atoms with E-state index < -0.39 is 0 Å². The Morgan fingerprint density at radius 1 is 1.29 bits per heavy atom. The monoisotopic (exact) mass is 282 g/mol. The standard InChI is InChI=1S/C17H18N2O2/c1-21-15-4-2-3-12(9-15)10-17(20)19-8-7-13-11-14(18)5-6-16(13)19/h2-6,9,11H,7-8,10,18H2,1H3. The summed E-state index contributed by atoms with van der Waals surface area (Å²) in [4.78, 5) is 14.4. The molecule has 1 amide bonds. The van der Waals surface area contributed by atoms with Crippen molar-refractivity contribution in [2.24, 2.45) is 0 Å². The average Bonchev–Trinajstić information content (AvgIpc) is 2.90. The molecule has 2 aromatic carbocycles. The van der Waals surface area contributed by atoms with Gasteiger partial charge in [0.25, 0.3) is 0 Å². The second-order valence-electron chi connectivity index (χ2n) is 5.21. The Morgan fingerprint density at radius 2 is 2.14 bits per heavy atom. The molecule has 21 heavy (non-hydrogen) atoms. The van der Waals surface area contributed by atoms with E-state index in [9.17, 15) is 4.79 Å². The zero-order valence-corrected chi connectivity index (χ0v) is 12.0. The van der Waals surface area contributed by atoms with Gasteiger partial charge in [0.05, 0.1) is 13.5 Å². The first-order chi connectivity index (χ1) is 10.2. The molecule has 4 heteroatoms. The van der Waals surface area contributed by atoms with Crippen LogP contribution in [0.15, 0.2) is 42.5 Å². The molecule has 1 aliphatic rings. The maximum atomic E-state index is 12.5. The number of hydrogen-bond acceptors (Lipinski definition) is 3. The quantitative estimate of drug-likeness (QED) is 0.880. The number of anilines is 2. The number of carbonyl (C=O) groups excluding carboxylic acids is 1. The van der Waals surface area contributed by atoms with Crippen LogP contribution in [0, 0.1) is 0 Å². The van der Waals surface area contributed by atoms with Gasteiger partial charge in [0.2, 0.25) is 5.91 Å². The van der Waals surface area contributed by atoms with Crippen molar-refractivity contribution in [3.63, 3.8) is 0 Å². The van der Waals surface area contributed by atoms with Crippen molar-refractivity contribution in [1.82, 2.24) is 0 Å². The van der Waals surface area contributed by atoms with Crippen LogP contribution in [0.3, 0.4) is 0 Å². The summed E-state index contributed by atoms with van der Waals surface area (Å²) in [5.41, 5.74) is 9.63. The van der Waals surface area contributed by atoms with Gasteiger partial charge in [0.1, 0.15) is 5.75 Å². The molecule has 0 radical (unpaired) electrons. The van der Waals surface area contributed by atoms with E-state index in [0.29, 0.717) is 6.42 Å². The van der Waals surface area contributed by atoms with E-state index in [0.717, 1.165) is 41.2 Å². The molecule has 1 aliphatic heterocycles. The molecule has 2 aromatic rings. The lowest BCUT2D eigenvalue weighted by molar-refractivity contribution is -0.117. The third-order valence-electron chi connectivity index (χ3n) is 3.79. The number of nitrogen functional groups attached to an aromatic ring is 1. The molecule has 0 spiro atoms. The van der Waals surface area contributed by atoms with Crippen LogP contribution in [0.5, 0.6) is 5.75 Å². The molecule has 0 aliphatic carbocycles. The summed E-state index contributed by atoms with van der Waals surface area (Å²) in [7, 11) is 1.63. The van der Waals surface area contributed by atoms with E-state index >= 15 is 0 Å². The summed E-state index contributed by atoms with van der Waals surface area (Å²) in [6, 6.07) is 13.4. The predicted octanol–water partition coefficient (Wildman–Crippen LogP) is 2.41. The minimum Gasteiger partial charge on any atom is -0.497 e. The average molecular weight is 282 g/mol. The molecule has 0 saturated carbocycles. The van der Waals surface area contributed by atoms with Gasteiger partial charge in [-0.2, -0.15) is 0 Å². The number of methoxy groups -OCH3 is 1. The van der Waals surface area contributed by atoms with Crippen LogP contribution in [0.4, 0.5) is 11.4 Å². The van der Waals surface area contributed by atoms with Crippen molar-refractivity contribution >= 4 is 17.3 Å².